The summed E-state index contributed by atoms with van der Waals surface area (Å²) in [5.74, 6) is 0.449. The zero-order valence-electron chi connectivity index (χ0n) is 12.6. The lowest BCUT2D eigenvalue weighted by Gasteiger charge is -2.07. The number of hydrogen-bond acceptors (Lipinski definition) is 5. The maximum absolute atomic E-state index is 9.13. The third kappa shape index (κ3) is 3.00. The van der Waals surface area contributed by atoms with Gasteiger partial charge in [0.25, 0.3) is 0 Å². The molecular formula is C16H13ClN6. The Morgan fingerprint density at radius 2 is 2.04 bits per heavy atom. The summed E-state index contributed by atoms with van der Waals surface area (Å²) in [4.78, 5) is 15.8. The topological polar surface area (TPSA) is 90.3 Å². The van der Waals surface area contributed by atoms with Crippen LogP contribution in [0.1, 0.15) is 17.0 Å². The van der Waals surface area contributed by atoms with Crippen molar-refractivity contribution in [3.8, 4) is 17.3 Å². The van der Waals surface area contributed by atoms with E-state index in [1.54, 1.807) is 24.5 Å². The number of rotatable bonds is 3. The summed E-state index contributed by atoms with van der Waals surface area (Å²) in [6.07, 6.45) is 3.28. The molecule has 3 heterocycles. The fourth-order valence-electron chi connectivity index (χ4n) is 2.38. The largest absolute Gasteiger partial charge is 0.350 e. The van der Waals surface area contributed by atoms with Gasteiger partial charge in [0.05, 0.1) is 17.6 Å². The summed E-state index contributed by atoms with van der Waals surface area (Å²) in [5.41, 5.74) is 4.73. The quantitative estimate of drug-likeness (QED) is 0.716. The van der Waals surface area contributed by atoms with E-state index in [1.165, 1.54) is 0 Å². The molecule has 0 amide bonds. The molecule has 0 aliphatic rings. The number of H-pyrrole nitrogens is 1. The van der Waals surface area contributed by atoms with Gasteiger partial charge >= 0.3 is 0 Å². The van der Waals surface area contributed by atoms with Crippen LogP contribution in [0, 0.1) is 25.2 Å². The van der Waals surface area contributed by atoms with E-state index >= 15 is 0 Å². The molecule has 0 saturated heterocycles. The van der Waals surface area contributed by atoms with E-state index < -0.39 is 0 Å². The van der Waals surface area contributed by atoms with Crippen molar-refractivity contribution in [2.45, 2.75) is 13.8 Å². The summed E-state index contributed by atoms with van der Waals surface area (Å²) in [6.45, 7) is 3.82. The van der Waals surface area contributed by atoms with Crippen LogP contribution >= 0.6 is 11.6 Å². The predicted octanol–water partition coefficient (Wildman–Crippen LogP) is 3.75. The number of hydrogen-bond donors (Lipinski definition) is 2. The highest BCUT2D eigenvalue weighted by molar-refractivity contribution is 6.29. The second-order valence-electron chi connectivity index (χ2n) is 5.00. The Morgan fingerprint density at radius 1 is 1.22 bits per heavy atom. The van der Waals surface area contributed by atoms with Crippen molar-refractivity contribution in [3.63, 3.8) is 0 Å². The summed E-state index contributed by atoms with van der Waals surface area (Å²) in [5, 5.41) is 12.6. The van der Waals surface area contributed by atoms with Crippen LogP contribution in [0.25, 0.3) is 11.3 Å². The van der Waals surface area contributed by atoms with Gasteiger partial charge in [-0.3, -0.25) is 0 Å². The Balaban J connectivity index is 1.96. The Hall–Kier alpha value is -2.91. The molecule has 3 rings (SSSR count). The third-order valence-electron chi connectivity index (χ3n) is 3.44. The van der Waals surface area contributed by atoms with Crippen LogP contribution in [0.3, 0.4) is 0 Å². The number of nitriles is 1. The molecular weight excluding hydrogens is 312 g/mol. The monoisotopic (exact) mass is 324 g/mol. The number of halogens is 1. The maximum atomic E-state index is 9.13. The first-order valence-corrected chi connectivity index (χ1v) is 7.27. The molecule has 3 aromatic rings. The number of pyridine rings is 1. The van der Waals surface area contributed by atoms with Crippen LogP contribution in [-0.2, 0) is 0 Å². The number of nitrogens with zero attached hydrogens (tertiary/aromatic N) is 4. The van der Waals surface area contributed by atoms with Crippen molar-refractivity contribution in [1.82, 2.24) is 19.9 Å². The van der Waals surface area contributed by atoms with Gasteiger partial charge in [0.1, 0.15) is 16.9 Å². The van der Waals surface area contributed by atoms with Gasteiger partial charge in [-0.1, -0.05) is 11.6 Å². The van der Waals surface area contributed by atoms with E-state index in [1.807, 2.05) is 19.9 Å². The van der Waals surface area contributed by atoms with Gasteiger partial charge in [-0.15, -0.1) is 0 Å². The molecule has 0 bridgehead atoms. The normalized spacial score (nSPS) is 10.3. The van der Waals surface area contributed by atoms with Crippen LogP contribution in [0.4, 0.5) is 11.6 Å². The molecule has 6 nitrogen and oxygen atoms in total. The van der Waals surface area contributed by atoms with Crippen molar-refractivity contribution < 1.29 is 0 Å². The summed E-state index contributed by atoms with van der Waals surface area (Å²) in [6, 6.07) is 7.45. The second kappa shape index (κ2) is 6.07. The zero-order chi connectivity index (χ0) is 16.4. The summed E-state index contributed by atoms with van der Waals surface area (Å²) < 4.78 is 0. The lowest BCUT2D eigenvalue weighted by Crippen LogP contribution is -1.98. The zero-order valence-corrected chi connectivity index (χ0v) is 13.3. The van der Waals surface area contributed by atoms with Gasteiger partial charge in [-0.2, -0.15) is 5.26 Å². The molecule has 0 fully saturated rings. The number of anilines is 2. The van der Waals surface area contributed by atoms with Crippen LogP contribution < -0.4 is 5.32 Å². The fraction of sp³-hybridized carbons (Fsp3) is 0.125. The third-order valence-corrected chi connectivity index (χ3v) is 3.67. The molecule has 0 spiro atoms. The standard InChI is InChI=1S/C16H13ClN6/c1-9-13(7-18)21-10(2)15(9)12-5-6-19-16(23-12)22-11-3-4-14(17)20-8-11/h3-6,8,21H,1-2H3,(H,19,22,23). The fourth-order valence-corrected chi connectivity index (χ4v) is 2.49. The molecule has 0 unspecified atom stereocenters. The molecule has 0 aliphatic carbocycles. The lowest BCUT2D eigenvalue weighted by atomic mass is 10.1. The number of aromatic nitrogens is 4. The molecule has 0 atom stereocenters. The van der Waals surface area contributed by atoms with Gasteiger partial charge in [0.2, 0.25) is 5.95 Å². The highest BCUT2D eigenvalue weighted by atomic mass is 35.5. The minimum Gasteiger partial charge on any atom is -0.350 e. The number of aryl methyl sites for hydroxylation is 1. The average molecular weight is 325 g/mol. The van der Waals surface area contributed by atoms with E-state index in [-0.39, 0.29) is 0 Å². The molecule has 0 radical (unpaired) electrons. The smallest absolute Gasteiger partial charge is 0.227 e. The number of nitrogens with one attached hydrogen (secondary N) is 2. The van der Waals surface area contributed by atoms with E-state index in [2.05, 4.69) is 31.3 Å². The van der Waals surface area contributed by atoms with Crippen LogP contribution in [0.5, 0.6) is 0 Å². The molecule has 0 saturated carbocycles. The van der Waals surface area contributed by atoms with Gasteiger partial charge in [-0.05, 0) is 37.6 Å². The first kappa shape index (κ1) is 15.0. The van der Waals surface area contributed by atoms with Crippen molar-refractivity contribution in [2.75, 3.05) is 5.32 Å². The Morgan fingerprint density at radius 3 is 2.70 bits per heavy atom. The van der Waals surface area contributed by atoms with Gasteiger partial charge in [-0.25, -0.2) is 15.0 Å². The van der Waals surface area contributed by atoms with Crippen LogP contribution in [-0.4, -0.2) is 19.9 Å². The SMILES string of the molecule is Cc1[nH]c(C#N)c(C)c1-c1ccnc(Nc2ccc(Cl)nc2)n1. The number of aromatic amines is 1. The Bertz CT molecular complexity index is 892. The van der Waals surface area contributed by atoms with Crippen molar-refractivity contribution in [3.05, 3.63) is 52.7 Å². The average Bonchev–Trinajstić information content (AvgIpc) is 2.84. The molecule has 114 valence electrons. The van der Waals surface area contributed by atoms with Crippen molar-refractivity contribution >= 4 is 23.2 Å². The van der Waals surface area contributed by atoms with Gasteiger partial charge in [0.15, 0.2) is 0 Å². The molecule has 0 aliphatic heterocycles. The molecule has 2 N–H and O–H groups in total. The molecule has 7 heteroatoms. The van der Waals surface area contributed by atoms with Gasteiger partial charge in [0, 0.05) is 17.5 Å². The summed E-state index contributed by atoms with van der Waals surface area (Å²) >= 11 is 5.77. The van der Waals surface area contributed by atoms with E-state index in [0.717, 1.165) is 28.2 Å². The molecule has 3 aromatic heterocycles. The second-order valence-corrected chi connectivity index (χ2v) is 5.38. The van der Waals surface area contributed by atoms with Crippen molar-refractivity contribution in [2.24, 2.45) is 0 Å². The predicted molar refractivity (Wildman–Crippen MR) is 88.5 cm³/mol. The highest BCUT2D eigenvalue weighted by Gasteiger charge is 2.14. The molecule has 0 aromatic carbocycles. The Kier molecular flexibility index (Phi) is 3.96. The molecule has 23 heavy (non-hydrogen) atoms. The van der Waals surface area contributed by atoms with Gasteiger partial charge < -0.3 is 10.3 Å². The van der Waals surface area contributed by atoms with E-state index in [0.29, 0.717) is 16.8 Å². The lowest BCUT2D eigenvalue weighted by molar-refractivity contribution is 1.16. The first-order valence-electron chi connectivity index (χ1n) is 6.89. The van der Waals surface area contributed by atoms with Crippen LogP contribution in [0.2, 0.25) is 5.15 Å². The summed E-state index contributed by atoms with van der Waals surface area (Å²) in [7, 11) is 0. The van der Waals surface area contributed by atoms with E-state index in [4.69, 9.17) is 16.9 Å². The Labute approximate surface area is 138 Å². The van der Waals surface area contributed by atoms with Crippen LogP contribution in [0.15, 0.2) is 30.6 Å². The minimum atomic E-state index is 0.424. The first-order chi connectivity index (χ1) is 11.1. The van der Waals surface area contributed by atoms with Crippen molar-refractivity contribution in [1.29, 1.82) is 5.26 Å². The minimum absolute atomic E-state index is 0.424. The maximum Gasteiger partial charge on any atom is 0.227 e. The van der Waals surface area contributed by atoms with E-state index in [9.17, 15) is 0 Å². The highest BCUT2D eigenvalue weighted by Crippen LogP contribution is 2.28.